The van der Waals surface area contributed by atoms with E-state index in [2.05, 4.69) is 0 Å². The summed E-state index contributed by atoms with van der Waals surface area (Å²) in [4.78, 5) is 34.7. The first-order valence-corrected chi connectivity index (χ1v) is 8.76. The van der Waals surface area contributed by atoms with Crippen molar-refractivity contribution >= 4 is 11.7 Å². The van der Waals surface area contributed by atoms with Crippen LogP contribution in [0.25, 0.3) is 0 Å². The summed E-state index contributed by atoms with van der Waals surface area (Å²) < 4.78 is 20.7. The Morgan fingerprint density at radius 3 is 2.50 bits per heavy atom. The van der Waals surface area contributed by atoms with Gasteiger partial charge in [-0.3, -0.25) is 14.9 Å². The topological polar surface area (TPSA) is 118 Å². The molecule has 154 valence electrons. The fraction of sp³-hybridized carbons (Fsp3) is 0.143. The minimum absolute atomic E-state index is 0.0219. The monoisotopic (exact) mass is 411 g/mol. The zero-order valence-electron chi connectivity index (χ0n) is 15.9. The molecule has 0 N–H and O–H groups in total. The van der Waals surface area contributed by atoms with Crippen LogP contribution >= 0.6 is 0 Å². The van der Waals surface area contributed by atoms with Gasteiger partial charge in [-0.25, -0.2) is 4.79 Å². The van der Waals surface area contributed by atoms with Gasteiger partial charge in [0, 0.05) is 12.1 Å². The maximum absolute atomic E-state index is 12.2. The molecule has 30 heavy (non-hydrogen) atoms. The Morgan fingerprint density at radius 1 is 1.07 bits per heavy atom. The van der Waals surface area contributed by atoms with Gasteiger partial charge in [0.15, 0.2) is 5.75 Å². The summed E-state index contributed by atoms with van der Waals surface area (Å²) in [6.07, 6.45) is 1.15. The zero-order chi connectivity index (χ0) is 21.5. The zero-order valence-corrected chi connectivity index (χ0v) is 15.9. The Hall–Kier alpha value is -4.14. The molecule has 3 aromatic rings. The summed E-state index contributed by atoms with van der Waals surface area (Å²) in [5, 5.41) is 11.1. The molecule has 0 aliphatic carbocycles. The largest absolute Gasteiger partial charge is 0.490 e. The molecule has 1 aromatic heterocycles. The molecule has 9 heteroatoms. The van der Waals surface area contributed by atoms with Crippen LogP contribution in [0.1, 0.15) is 21.7 Å². The molecule has 0 aliphatic rings. The van der Waals surface area contributed by atoms with Crippen molar-refractivity contribution < 1.29 is 28.3 Å². The van der Waals surface area contributed by atoms with E-state index < -0.39 is 16.3 Å². The number of esters is 1. The highest BCUT2D eigenvalue weighted by molar-refractivity contribution is 5.90. The molecule has 0 radical (unpaired) electrons. The third-order valence-electron chi connectivity index (χ3n) is 4.05. The van der Waals surface area contributed by atoms with E-state index >= 15 is 0 Å². The van der Waals surface area contributed by atoms with Crippen molar-refractivity contribution in [3.8, 4) is 11.5 Å². The third-order valence-corrected chi connectivity index (χ3v) is 4.05. The lowest BCUT2D eigenvalue weighted by molar-refractivity contribution is -0.385. The summed E-state index contributed by atoms with van der Waals surface area (Å²) in [6.45, 7) is -0.122. The Labute approximate surface area is 170 Å². The Morgan fingerprint density at radius 2 is 1.83 bits per heavy atom. The van der Waals surface area contributed by atoms with Crippen molar-refractivity contribution in [2.24, 2.45) is 0 Å². The SMILES string of the molecule is COc1ccc(C(=O)OCc2cc(=O)c(OCc3ccccc3)co2)cc1[N+](=O)[O-]. The van der Waals surface area contributed by atoms with Crippen LogP contribution in [0.3, 0.4) is 0 Å². The number of hydrogen-bond acceptors (Lipinski definition) is 8. The Bertz CT molecular complexity index is 1110. The van der Waals surface area contributed by atoms with Gasteiger partial charge in [0.05, 0.1) is 17.6 Å². The fourth-order valence-electron chi connectivity index (χ4n) is 2.53. The van der Waals surface area contributed by atoms with Crippen LogP contribution in [0.4, 0.5) is 5.69 Å². The molecule has 0 atom stereocenters. The molecule has 2 aromatic carbocycles. The first-order chi connectivity index (χ1) is 14.5. The molecular formula is C21H17NO8. The quantitative estimate of drug-likeness (QED) is 0.314. The molecule has 0 spiro atoms. The molecule has 0 saturated carbocycles. The maximum Gasteiger partial charge on any atom is 0.338 e. The van der Waals surface area contributed by atoms with Crippen LogP contribution in [0.2, 0.25) is 0 Å². The van der Waals surface area contributed by atoms with Gasteiger partial charge in [-0.2, -0.15) is 0 Å². The van der Waals surface area contributed by atoms with Gasteiger partial charge in [-0.15, -0.1) is 0 Å². The number of carbonyl (C=O) groups excluding carboxylic acids is 1. The van der Waals surface area contributed by atoms with Crippen molar-refractivity contribution in [2.75, 3.05) is 7.11 Å². The minimum atomic E-state index is -0.812. The van der Waals surface area contributed by atoms with E-state index in [9.17, 15) is 19.7 Å². The summed E-state index contributed by atoms with van der Waals surface area (Å²) in [5.74, 6) is -0.662. The number of rotatable bonds is 8. The number of ether oxygens (including phenoxy) is 3. The van der Waals surface area contributed by atoms with Crippen LogP contribution < -0.4 is 14.9 Å². The molecular weight excluding hydrogens is 394 g/mol. The van der Waals surface area contributed by atoms with E-state index in [0.717, 1.165) is 24.0 Å². The van der Waals surface area contributed by atoms with E-state index in [0.29, 0.717) is 0 Å². The van der Waals surface area contributed by atoms with E-state index in [1.54, 1.807) is 0 Å². The summed E-state index contributed by atoms with van der Waals surface area (Å²) >= 11 is 0. The average molecular weight is 411 g/mol. The normalized spacial score (nSPS) is 10.3. The van der Waals surface area contributed by atoms with Crippen molar-refractivity contribution in [1.82, 2.24) is 0 Å². The van der Waals surface area contributed by atoms with E-state index in [4.69, 9.17) is 18.6 Å². The lowest BCUT2D eigenvalue weighted by Gasteiger charge is -2.07. The van der Waals surface area contributed by atoms with Gasteiger partial charge in [0.25, 0.3) is 0 Å². The smallest absolute Gasteiger partial charge is 0.338 e. The molecule has 9 nitrogen and oxygen atoms in total. The number of nitro benzene ring substituents is 1. The summed E-state index contributed by atoms with van der Waals surface area (Å²) in [6, 6.07) is 14.2. The standard InChI is InChI=1S/C21H17NO8/c1-27-19-8-7-15(9-17(19)22(25)26)21(24)30-12-16-10-18(23)20(13-28-16)29-11-14-5-3-2-4-6-14/h2-10,13H,11-12H2,1H3. The summed E-state index contributed by atoms with van der Waals surface area (Å²) in [7, 11) is 1.29. The van der Waals surface area contributed by atoms with Gasteiger partial charge >= 0.3 is 11.7 Å². The third kappa shape index (κ3) is 5.02. The molecule has 0 saturated heterocycles. The van der Waals surface area contributed by atoms with Gasteiger partial charge in [0.1, 0.15) is 25.2 Å². The van der Waals surface area contributed by atoms with E-state index in [-0.39, 0.29) is 41.7 Å². The molecule has 0 fully saturated rings. The molecule has 0 aliphatic heterocycles. The second-order valence-electron chi connectivity index (χ2n) is 6.07. The van der Waals surface area contributed by atoms with Crippen molar-refractivity contribution in [3.05, 3.63) is 98.1 Å². The number of carbonyl (C=O) groups is 1. The average Bonchev–Trinajstić information content (AvgIpc) is 2.77. The predicted molar refractivity (Wildman–Crippen MR) is 105 cm³/mol. The number of nitro groups is 1. The molecule has 3 rings (SSSR count). The first-order valence-electron chi connectivity index (χ1n) is 8.76. The molecule has 0 unspecified atom stereocenters. The van der Waals surface area contributed by atoms with Gasteiger partial charge in [-0.05, 0) is 17.7 Å². The van der Waals surface area contributed by atoms with Crippen molar-refractivity contribution in [2.45, 2.75) is 13.2 Å². The fourth-order valence-corrected chi connectivity index (χ4v) is 2.53. The second-order valence-corrected chi connectivity index (χ2v) is 6.07. The van der Waals surface area contributed by atoms with Crippen LogP contribution in [0, 0.1) is 10.1 Å². The number of nitrogens with zero attached hydrogens (tertiary/aromatic N) is 1. The highest BCUT2D eigenvalue weighted by Gasteiger charge is 2.19. The van der Waals surface area contributed by atoms with Gasteiger partial charge in [0.2, 0.25) is 11.2 Å². The van der Waals surface area contributed by atoms with Crippen molar-refractivity contribution in [3.63, 3.8) is 0 Å². The van der Waals surface area contributed by atoms with Crippen LogP contribution in [-0.4, -0.2) is 18.0 Å². The van der Waals surface area contributed by atoms with E-state index in [1.165, 1.54) is 19.2 Å². The first kappa shape index (κ1) is 20.6. The van der Waals surface area contributed by atoms with Gasteiger partial charge < -0.3 is 18.6 Å². The molecule has 1 heterocycles. The highest BCUT2D eigenvalue weighted by Crippen LogP contribution is 2.27. The number of methoxy groups -OCH3 is 1. The van der Waals surface area contributed by atoms with Crippen molar-refractivity contribution in [1.29, 1.82) is 0 Å². The molecule has 0 bridgehead atoms. The highest BCUT2D eigenvalue weighted by atomic mass is 16.6. The van der Waals surface area contributed by atoms with Gasteiger partial charge in [-0.1, -0.05) is 30.3 Å². The van der Waals surface area contributed by atoms with Crippen LogP contribution in [0.15, 0.2) is 70.1 Å². The lowest BCUT2D eigenvalue weighted by Crippen LogP contribution is -2.10. The minimum Gasteiger partial charge on any atom is -0.490 e. The molecule has 0 amide bonds. The lowest BCUT2D eigenvalue weighted by atomic mass is 10.2. The Balaban J connectivity index is 1.62. The number of benzene rings is 2. The van der Waals surface area contributed by atoms with Crippen LogP contribution in [0.5, 0.6) is 11.5 Å². The summed E-state index contributed by atoms with van der Waals surface area (Å²) in [5.41, 5.74) is 0.0675. The Kier molecular flexibility index (Phi) is 6.43. The second kappa shape index (κ2) is 9.37. The number of hydrogen-bond donors (Lipinski definition) is 0. The van der Waals surface area contributed by atoms with E-state index in [1.807, 2.05) is 30.3 Å². The predicted octanol–water partition coefficient (Wildman–Crippen LogP) is 3.49. The van der Waals surface area contributed by atoms with Crippen LogP contribution in [-0.2, 0) is 18.0 Å². The maximum atomic E-state index is 12.2.